The van der Waals surface area contributed by atoms with Crippen molar-refractivity contribution in [3.8, 4) is 0 Å². The van der Waals surface area contributed by atoms with Crippen LogP contribution in [0.5, 0.6) is 0 Å². The van der Waals surface area contributed by atoms with Crippen LogP contribution in [0.25, 0.3) is 0 Å². The van der Waals surface area contributed by atoms with E-state index >= 15 is 0 Å². The van der Waals surface area contributed by atoms with Gasteiger partial charge in [-0.1, -0.05) is 0 Å². The van der Waals surface area contributed by atoms with Gasteiger partial charge < -0.3 is 10.7 Å². The number of nitrogens with one attached hydrogen (secondary N) is 1. The zero-order chi connectivity index (χ0) is 5.98. The number of halogens is 1. The molecule has 0 aliphatic heterocycles. The molecule has 1 aromatic heterocycles. The molecule has 9 heavy (non-hydrogen) atoms. The molecule has 1 rings (SSSR count). The number of hydrogen-bond donors (Lipinski definition) is 2. The van der Waals surface area contributed by atoms with E-state index in [1.807, 2.05) is 0 Å². The summed E-state index contributed by atoms with van der Waals surface area (Å²) < 4.78 is 0. The number of nitrogens with two attached hydrogens (primary N) is 1. The molecule has 0 aliphatic rings. The normalized spacial score (nSPS) is 8.00. The molecule has 0 spiro atoms. The molecule has 3 nitrogen and oxygen atoms in total. The Bertz CT molecular complexity index is 232. The third-order valence-electron chi connectivity index (χ3n) is 0.799. The zero-order valence-corrected chi connectivity index (χ0v) is 5.44. The molecular weight excluding hydrogens is 140 g/mol. The van der Waals surface area contributed by atoms with Crippen molar-refractivity contribution in [2.75, 3.05) is 5.73 Å². The second-order valence-electron chi connectivity index (χ2n) is 1.49. The number of pyridine rings is 1. The van der Waals surface area contributed by atoms with Crippen molar-refractivity contribution < 1.29 is 0 Å². The monoisotopic (exact) mass is 146 g/mol. The Morgan fingerprint density at radius 2 is 2.22 bits per heavy atom. The van der Waals surface area contributed by atoms with Crippen LogP contribution in [-0.4, -0.2) is 4.98 Å². The fourth-order valence-electron chi connectivity index (χ4n) is 0.461. The van der Waals surface area contributed by atoms with Gasteiger partial charge in [-0.2, -0.15) is 0 Å². The first-order valence-electron chi connectivity index (χ1n) is 2.23. The minimum atomic E-state index is -0.162. The molecular formula is C5H7ClN2O. The van der Waals surface area contributed by atoms with Crippen molar-refractivity contribution in [3.63, 3.8) is 0 Å². The van der Waals surface area contributed by atoms with Gasteiger partial charge >= 0.3 is 0 Å². The molecule has 4 heteroatoms. The molecule has 1 heterocycles. The summed E-state index contributed by atoms with van der Waals surface area (Å²) in [5.41, 5.74) is 5.57. The molecule has 0 aliphatic carbocycles. The van der Waals surface area contributed by atoms with Crippen LogP contribution in [0, 0.1) is 0 Å². The maximum atomic E-state index is 10.4. The van der Waals surface area contributed by atoms with Crippen LogP contribution in [0.2, 0.25) is 0 Å². The van der Waals surface area contributed by atoms with E-state index in [0.717, 1.165) is 0 Å². The summed E-state index contributed by atoms with van der Waals surface area (Å²) in [6, 6.07) is 2.96. The predicted octanol–water partition coefficient (Wildman–Crippen LogP) is 0.379. The minimum Gasteiger partial charge on any atom is -0.399 e. The lowest BCUT2D eigenvalue weighted by Gasteiger charge is -1.84. The van der Waals surface area contributed by atoms with Crippen molar-refractivity contribution in [1.82, 2.24) is 4.98 Å². The van der Waals surface area contributed by atoms with Crippen LogP contribution in [0.15, 0.2) is 23.1 Å². The fourth-order valence-corrected chi connectivity index (χ4v) is 0.461. The van der Waals surface area contributed by atoms with Gasteiger partial charge in [0.2, 0.25) is 5.56 Å². The van der Waals surface area contributed by atoms with Crippen molar-refractivity contribution in [1.29, 1.82) is 0 Å². The molecule has 3 N–H and O–H groups in total. The lowest BCUT2D eigenvalue weighted by molar-refractivity contribution is 1.24. The highest BCUT2D eigenvalue weighted by atomic mass is 35.5. The summed E-state index contributed by atoms with van der Waals surface area (Å²) >= 11 is 0. The Kier molecular flexibility index (Phi) is 2.81. The van der Waals surface area contributed by atoms with E-state index < -0.39 is 0 Å². The molecule has 0 atom stereocenters. The first kappa shape index (κ1) is 8.04. The van der Waals surface area contributed by atoms with E-state index in [-0.39, 0.29) is 18.0 Å². The largest absolute Gasteiger partial charge is 0.399 e. The van der Waals surface area contributed by atoms with Gasteiger partial charge in [0.25, 0.3) is 0 Å². The highest BCUT2D eigenvalue weighted by Crippen LogP contribution is 1.88. The van der Waals surface area contributed by atoms with E-state index in [1.54, 1.807) is 6.07 Å². The molecule has 0 amide bonds. The average Bonchev–Trinajstić information content (AvgIpc) is 1.64. The first-order chi connectivity index (χ1) is 3.79. The SMILES string of the molecule is Cl.Nc1cc[nH]c(=O)c1. The molecule has 50 valence electrons. The van der Waals surface area contributed by atoms with Crippen molar-refractivity contribution >= 4 is 18.1 Å². The van der Waals surface area contributed by atoms with Gasteiger partial charge in [-0.05, 0) is 6.07 Å². The van der Waals surface area contributed by atoms with E-state index in [2.05, 4.69) is 4.98 Å². The Morgan fingerprint density at radius 3 is 2.56 bits per heavy atom. The second kappa shape index (κ2) is 3.14. The number of rotatable bonds is 0. The Morgan fingerprint density at radius 1 is 1.56 bits per heavy atom. The van der Waals surface area contributed by atoms with Gasteiger partial charge in [0, 0.05) is 18.0 Å². The summed E-state index contributed by atoms with van der Waals surface area (Å²) in [5, 5.41) is 0. The molecule has 0 bridgehead atoms. The van der Waals surface area contributed by atoms with Gasteiger partial charge in [-0.3, -0.25) is 4.79 Å². The third kappa shape index (κ3) is 2.19. The van der Waals surface area contributed by atoms with Crippen molar-refractivity contribution in [3.05, 3.63) is 28.7 Å². The van der Waals surface area contributed by atoms with Crippen LogP contribution in [0.3, 0.4) is 0 Å². The van der Waals surface area contributed by atoms with Gasteiger partial charge in [0.05, 0.1) is 0 Å². The third-order valence-corrected chi connectivity index (χ3v) is 0.799. The molecule has 0 unspecified atom stereocenters. The van der Waals surface area contributed by atoms with Gasteiger partial charge in [0.1, 0.15) is 0 Å². The maximum Gasteiger partial charge on any atom is 0.249 e. The number of aromatic nitrogens is 1. The number of anilines is 1. The first-order valence-corrected chi connectivity index (χ1v) is 2.23. The molecule has 0 saturated carbocycles. The zero-order valence-electron chi connectivity index (χ0n) is 4.63. The van der Waals surface area contributed by atoms with Gasteiger partial charge in [0.15, 0.2) is 0 Å². The molecule has 0 aromatic carbocycles. The summed E-state index contributed by atoms with van der Waals surface area (Å²) in [5.74, 6) is 0. The van der Waals surface area contributed by atoms with Crippen LogP contribution in [0.1, 0.15) is 0 Å². The smallest absolute Gasteiger partial charge is 0.249 e. The number of aromatic amines is 1. The average molecular weight is 147 g/mol. The van der Waals surface area contributed by atoms with Crippen molar-refractivity contribution in [2.24, 2.45) is 0 Å². The summed E-state index contributed by atoms with van der Waals surface area (Å²) in [7, 11) is 0. The quantitative estimate of drug-likeness (QED) is 0.556. The van der Waals surface area contributed by atoms with Crippen LogP contribution in [-0.2, 0) is 0 Å². The standard InChI is InChI=1S/C5H6N2O.ClH/c6-4-1-2-7-5(8)3-4;/h1-3H,(H3,6,7,8);1H. The van der Waals surface area contributed by atoms with E-state index in [1.165, 1.54) is 12.3 Å². The van der Waals surface area contributed by atoms with E-state index in [4.69, 9.17) is 5.73 Å². The van der Waals surface area contributed by atoms with Gasteiger partial charge in [-0.15, -0.1) is 12.4 Å². The topological polar surface area (TPSA) is 58.9 Å². The minimum absolute atomic E-state index is 0. The van der Waals surface area contributed by atoms with Crippen LogP contribution < -0.4 is 11.3 Å². The van der Waals surface area contributed by atoms with Crippen LogP contribution in [0.4, 0.5) is 5.69 Å². The predicted molar refractivity (Wildman–Crippen MR) is 38.7 cm³/mol. The lowest BCUT2D eigenvalue weighted by Crippen LogP contribution is -2.03. The molecule has 0 saturated heterocycles. The summed E-state index contributed by atoms with van der Waals surface area (Å²) in [6.45, 7) is 0. The molecule has 1 aromatic rings. The summed E-state index contributed by atoms with van der Waals surface area (Å²) in [6.07, 6.45) is 1.51. The lowest BCUT2D eigenvalue weighted by atomic mass is 10.4. The number of H-pyrrole nitrogens is 1. The highest BCUT2D eigenvalue weighted by molar-refractivity contribution is 5.85. The molecule has 0 radical (unpaired) electrons. The van der Waals surface area contributed by atoms with Crippen LogP contribution >= 0.6 is 12.4 Å². The Labute approximate surface area is 58.3 Å². The maximum absolute atomic E-state index is 10.4. The highest BCUT2D eigenvalue weighted by Gasteiger charge is 1.80. The molecule has 0 fully saturated rings. The van der Waals surface area contributed by atoms with E-state index in [0.29, 0.717) is 5.69 Å². The number of nitrogen functional groups attached to an aromatic ring is 1. The second-order valence-corrected chi connectivity index (χ2v) is 1.49. The number of hydrogen-bond acceptors (Lipinski definition) is 2. The fraction of sp³-hybridized carbons (Fsp3) is 0. The van der Waals surface area contributed by atoms with Gasteiger partial charge in [-0.25, -0.2) is 0 Å². The Balaban J connectivity index is 0.000000640. The van der Waals surface area contributed by atoms with Crippen molar-refractivity contribution in [2.45, 2.75) is 0 Å². The van der Waals surface area contributed by atoms with E-state index in [9.17, 15) is 4.79 Å². The summed E-state index contributed by atoms with van der Waals surface area (Å²) in [4.78, 5) is 12.8. The Hall–Kier alpha value is -0.960.